The number of rotatable bonds is 6. The van der Waals surface area contributed by atoms with Gasteiger partial charge in [0.2, 0.25) is 11.7 Å². The number of halogens is 2. The van der Waals surface area contributed by atoms with Gasteiger partial charge in [0.15, 0.2) is 0 Å². The Balaban J connectivity index is 2.10. The Hall–Kier alpha value is -3.53. The van der Waals surface area contributed by atoms with E-state index in [1.54, 1.807) is 38.1 Å². The standard InChI is InChI=1S/C21H22F2N6O2/c1-11-8-19(29-20(25-11)21(4,22)23)28-17-9-18(26-13(3)31)24-10-14(17)16-7-5-6-15(27-16)12(2)30/h5-10,12,30H,1-4H3,(H2,24,25,26,28,29,31)/t12-/m1/s1. The summed E-state index contributed by atoms with van der Waals surface area (Å²) < 4.78 is 27.6. The van der Waals surface area contributed by atoms with Crippen LogP contribution in [0.25, 0.3) is 11.3 Å². The normalized spacial score (nSPS) is 12.4. The fourth-order valence-electron chi connectivity index (χ4n) is 2.81. The van der Waals surface area contributed by atoms with Gasteiger partial charge in [-0.05, 0) is 26.0 Å². The van der Waals surface area contributed by atoms with E-state index in [1.165, 1.54) is 19.2 Å². The van der Waals surface area contributed by atoms with E-state index in [9.17, 15) is 18.7 Å². The summed E-state index contributed by atoms with van der Waals surface area (Å²) in [5, 5.41) is 15.4. The first kappa shape index (κ1) is 22.2. The monoisotopic (exact) mass is 428 g/mol. The van der Waals surface area contributed by atoms with Crippen molar-refractivity contribution in [1.29, 1.82) is 0 Å². The van der Waals surface area contributed by atoms with E-state index in [-0.39, 0.29) is 17.5 Å². The molecule has 0 aliphatic rings. The van der Waals surface area contributed by atoms with Crippen molar-refractivity contribution in [2.24, 2.45) is 0 Å². The first-order chi connectivity index (χ1) is 14.5. The Morgan fingerprint density at radius 2 is 1.90 bits per heavy atom. The van der Waals surface area contributed by atoms with Crippen LogP contribution in [0.1, 0.15) is 44.1 Å². The van der Waals surface area contributed by atoms with Crippen LogP contribution in [0.5, 0.6) is 0 Å². The molecule has 0 fully saturated rings. The largest absolute Gasteiger partial charge is 0.387 e. The summed E-state index contributed by atoms with van der Waals surface area (Å²) in [7, 11) is 0. The van der Waals surface area contributed by atoms with Crippen LogP contribution in [-0.2, 0) is 10.7 Å². The predicted octanol–water partition coefficient (Wildman–Crippen LogP) is 4.11. The zero-order valence-corrected chi connectivity index (χ0v) is 17.4. The molecule has 0 saturated heterocycles. The van der Waals surface area contributed by atoms with E-state index in [1.807, 2.05) is 0 Å². The number of hydrogen-bond donors (Lipinski definition) is 3. The predicted molar refractivity (Wildman–Crippen MR) is 112 cm³/mol. The lowest BCUT2D eigenvalue weighted by atomic mass is 10.1. The average molecular weight is 428 g/mol. The Morgan fingerprint density at radius 3 is 2.55 bits per heavy atom. The SMILES string of the molecule is CC(=O)Nc1cc(Nc2cc(C)nc(C(C)(F)F)n2)c(-c2cccc([C@@H](C)O)n2)cn1. The summed E-state index contributed by atoms with van der Waals surface area (Å²) in [6.07, 6.45) is 0.715. The second-order valence-corrected chi connectivity index (χ2v) is 7.15. The first-order valence-corrected chi connectivity index (χ1v) is 9.47. The minimum atomic E-state index is -3.21. The van der Waals surface area contributed by atoms with Crippen molar-refractivity contribution < 1.29 is 18.7 Å². The van der Waals surface area contributed by atoms with Crippen LogP contribution in [0, 0.1) is 6.92 Å². The van der Waals surface area contributed by atoms with Crippen LogP contribution >= 0.6 is 0 Å². The van der Waals surface area contributed by atoms with Crippen LogP contribution in [0.2, 0.25) is 0 Å². The van der Waals surface area contributed by atoms with Gasteiger partial charge in [-0.15, -0.1) is 0 Å². The van der Waals surface area contributed by atoms with Crippen molar-refractivity contribution in [2.45, 2.75) is 39.7 Å². The highest BCUT2D eigenvalue weighted by Crippen LogP contribution is 2.32. The van der Waals surface area contributed by atoms with E-state index in [4.69, 9.17) is 0 Å². The van der Waals surface area contributed by atoms with Gasteiger partial charge in [0.1, 0.15) is 11.6 Å². The number of aromatic nitrogens is 4. The molecule has 8 nitrogen and oxygen atoms in total. The molecule has 1 atom stereocenters. The van der Waals surface area contributed by atoms with Crippen molar-refractivity contribution in [3.05, 3.63) is 53.7 Å². The maximum atomic E-state index is 13.8. The van der Waals surface area contributed by atoms with Gasteiger partial charge in [-0.3, -0.25) is 4.79 Å². The van der Waals surface area contributed by atoms with Gasteiger partial charge in [-0.2, -0.15) is 8.78 Å². The van der Waals surface area contributed by atoms with Crippen molar-refractivity contribution in [3.8, 4) is 11.3 Å². The van der Waals surface area contributed by atoms with Crippen LogP contribution in [0.15, 0.2) is 36.5 Å². The van der Waals surface area contributed by atoms with Crippen molar-refractivity contribution in [3.63, 3.8) is 0 Å². The van der Waals surface area contributed by atoms with Gasteiger partial charge >= 0.3 is 5.92 Å². The molecule has 0 aliphatic carbocycles. The number of nitrogens with zero attached hydrogens (tertiary/aromatic N) is 4. The molecule has 3 aromatic heterocycles. The van der Waals surface area contributed by atoms with E-state index in [2.05, 4.69) is 30.6 Å². The van der Waals surface area contributed by atoms with Gasteiger partial charge in [-0.25, -0.2) is 19.9 Å². The first-order valence-electron chi connectivity index (χ1n) is 9.47. The quantitative estimate of drug-likeness (QED) is 0.541. The van der Waals surface area contributed by atoms with Crippen LogP contribution in [0.4, 0.5) is 26.1 Å². The number of aliphatic hydroxyl groups is 1. The van der Waals surface area contributed by atoms with Crippen LogP contribution < -0.4 is 10.6 Å². The van der Waals surface area contributed by atoms with Crippen LogP contribution in [0.3, 0.4) is 0 Å². The number of pyridine rings is 2. The Labute approximate surface area is 177 Å². The summed E-state index contributed by atoms with van der Waals surface area (Å²) in [6, 6.07) is 8.22. The fraction of sp³-hybridized carbons (Fsp3) is 0.286. The Kier molecular flexibility index (Phi) is 6.21. The second-order valence-electron chi connectivity index (χ2n) is 7.15. The molecule has 0 saturated carbocycles. The molecule has 0 bridgehead atoms. The number of carbonyl (C=O) groups is 1. The molecule has 0 aromatic carbocycles. The lowest BCUT2D eigenvalue weighted by Gasteiger charge is -2.16. The maximum Gasteiger partial charge on any atom is 0.303 e. The third kappa shape index (κ3) is 5.54. The second kappa shape index (κ2) is 8.68. The number of hydrogen-bond acceptors (Lipinski definition) is 7. The Morgan fingerprint density at radius 1 is 1.16 bits per heavy atom. The molecule has 31 heavy (non-hydrogen) atoms. The number of carbonyl (C=O) groups excluding carboxylic acids is 1. The third-order valence-corrected chi connectivity index (χ3v) is 4.19. The highest BCUT2D eigenvalue weighted by atomic mass is 19.3. The minimum absolute atomic E-state index is 0.150. The molecule has 0 radical (unpaired) electrons. The molecule has 162 valence electrons. The van der Waals surface area contributed by atoms with Crippen molar-refractivity contribution >= 4 is 23.2 Å². The average Bonchev–Trinajstić information content (AvgIpc) is 2.66. The number of aryl methyl sites for hydroxylation is 1. The molecule has 0 aliphatic heterocycles. The third-order valence-electron chi connectivity index (χ3n) is 4.19. The summed E-state index contributed by atoms with van der Waals surface area (Å²) >= 11 is 0. The highest BCUT2D eigenvalue weighted by Gasteiger charge is 2.29. The van der Waals surface area contributed by atoms with Gasteiger partial charge in [0.25, 0.3) is 0 Å². The Bertz CT molecular complexity index is 1120. The smallest absolute Gasteiger partial charge is 0.303 e. The van der Waals surface area contributed by atoms with Crippen molar-refractivity contribution in [1.82, 2.24) is 19.9 Å². The number of anilines is 3. The molecule has 3 rings (SSSR count). The minimum Gasteiger partial charge on any atom is -0.387 e. The number of nitrogens with one attached hydrogen (secondary N) is 2. The molecule has 3 aromatic rings. The zero-order valence-electron chi connectivity index (χ0n) is 17.4. The molecular formula is C21H22F2N6O2. The topological polar surface area (TPSA) is 113 Å². The molecule has 10 heteroatoms. The van der Waals surface area contributed by atoms with Crippen molar-refractivity contribution in [2.75, 3.05) is 10.6 Å². The maximum absolute atomic E-state index is 13.8. The zero-order chi connectivity index (χ0) is 22.8. The molecule has 0 spiro atoms. The molecule has 3 heterocycles. The van der Waals surface area contributed by atoms with Gasteiger partial charge in [0.05, 0.1) is 23.2 Å². The summed E-state index contributed by atoms with van der Waals surface area (Å²) in [6.45, 7) is 5.26. The molecule has 0 unspecified atom stereocenters. The number of alkyl halides is 2. The van der Waals surface area contributed by atoms with E-state index >= 15 is 0 Å². The van der Waals surface area contributed by atoms with E-state index in [0.29, 0.717) is 28.3 Å². The fourth-order valence-corrected chi connectivity index (χ4v) is 2.81. The van der Waals surface area contributed by atoms with Crippen LogP contribution in [-0.4, -0.2) is 30.9 Å². The summed E-state index contributed by atoms with van der Waals surface area (Å²) in [5.41, 5.74) is 2.27. The molecule has 1 amide bonds. The summed E-state index contributed by atoms with van der Waals surface area (Å²) in [4.78, 5) is 27.8. The van der Waals surface area contributed by atoms with Gasteiger partial charge in [-0.1, -0.05) is 6.07 Å². The lowest BCUT2D eigenvalue weighted by molar-refractivity contribution is -0.114. The molecule has 3 N–H and O–H groups in total. The summed E-state index contributed by atoms with van der Waals surface area (Å²) in [5.74, 6) is -3.72. The number of aliphatic hydroxyl groups excluding tert-OH is 1. The van der Waals surface area contributed by atoms with Gasteiger partial charge < -0.3 is 15.7 Å². The molecular weight excluding hydrogens is 406 g/mol. The van der Waals surface area contributed by atoms with Gasteiger partial charge in [0, 0.05) is 43.4 Å². The lowest BCUT2D eigenvalue weighted by Crippen LogP contribution is -2.14. The highest BCUT2D eigenvalue weighted by molar-refractivity contribution is 5.89. The van der Waals surface area contributed by atoms with E-state index in [0.717, 1.165) is 6.92 Å². The number of amides is 1. The van der Waals surface area contributed by atoms with E-state index < -0.39 is 17.9 Å².